The predicted octanol–water partition coefficient (Wildman–Crippen LogP) is 4.62. The zero-order valence-corrected chi connectivity index (χ0v) is 14.7. The maximum absolute atomic E-state index is 11.0. The highest BCUT2D eigenvalue weighted by molar-refractivity contribution is 5.70. The fraction of sp³-hybridized carbons (Fsp3) is 0.182. The number of nitrogens with one attached hydrogen (secondary N) is 1. The number of aromatic nitrogens is 1. The maximum Gasteiger partial charge on any atom is 0.306 e. The third-order valence-corrected chi connectivity index (χ3v) is 4.32. The summed E-state index contributed by atoms with van der Waals surface area (Å²) in [6.45, 7) is 2.44. The molecule has 0 spiro atoms. The summed E-state index contributed by atoms with van der Waals surface area (Å²) in [5.41, 5.74) is 4.48. The zero-order chi connectivity index (χ0) is 18.4. The van der Waals surface area contributed by atoms with E-state index in [2.05, 4.69) is 40.6 Å². The second-order valence-electron chi connectivity index (χ2n) is 6.41. The molecule has 0 bridgehead atoms. The average molecular weight is 346 g/mol. The highest BCUT2D eigenvalue weighted by Gasteiger charge is 2.11. The predicted molar refractivity (Wildman–Crippen MR) is 104 cm³/mol. The van der Waals surface area contributed by atoms with Crippen molar-refractivity contribution in [2.24, 2.45) is 5.92 Å². The standard InChI is InChI=1S/C22H22N2O2/c1-16(22(25)26)13-17-8-10-19(11-9-17)20-6-4-5-18(14-20)15-24-21-7-2-3-12-23-21/h2-12,14,16H,13,15H2,1H3,(H,23,24)(H,25,26). The molecule has 0 saturated heterocycles. The molecule has 2 aromatic carbocycles. The first-order valence-corrected chi connectivity index (χ1v) is 8.68. The fourth-order valence-electron chi connectivity index (χ4n) is 2.79. The van der Waals surface area contributed by atoms with Gasteiger partial charge in [0.2, 0.25) is 0 Å². The van der Waals surface area contributed by atoms with Crippen molar-refractivity contribution in [1.29, 1.82) is 0 Å². The number of anilines is 1. The van der Waals surface area contributed by atoms with Gasteiger partial charge in [-0.2, -0.15) is 0 Å². The van der Waals surface area contributed by atoms with Crippen molar-refractivity contribution < 1.29 is 9.90 Å². The maximum atomic E-state index is 11.0. The molecule has 0 amide bonds. The van der Waals surface area contributed by atoms with Crippen LogP contribution in [0.4, 0.5) is 5.82 Å². The Labute approximate surface area is 153 Å². The number of carbonyl (C=O) groups is 1. The van der Waals surface area contributed by atoms with Crippen molar-refractivity contribution >= 4 is 11.8 Å². The number of aliphatic carboxylic acids is 1. The van der Waals surface area contributed by atoms with E-state index in [1.807, 2.05) is 36.4 Å². The van der Waals surface area contributed by atoms with Crippen molar-refractivity contribution in [3.8, 4) is 11.1 Å². The number of benzene rings is 2. The zero-order valence-electron chi connectivity index (χ0n) is 14.7. The van der Waals surface area contributed by atoms with E-state index < -0.39 is 5.97 Å². The van der Waals surface area contributed by atoms with Gasteiger partial charge < -0.3 is 10.4 Å². The highest BCUT2D eigenvalue weighted by atomic mass is 16.4. The van der Waals surface area contributed by atoms with E-state index in [1.54, 1.807) is 13.1 Å². The Morgan fingerprint density at radius 3 is 2.50 bits per heavy atom. The number of rotatable bonds is 7. The van der Waals surface area contributed by atoms with Gasteiger partial charge in [0.25, 0.3) is 0 Å². The van der Waals surface area contributed by atoms with Crippen molar-refractivity contribution in [2.75, 3.05) is 5.32 Å². The fourth-order valence-corrected chi connectivity index (χ4v) is 2.79. The van der Waals surface area contributed by atoms with Gasteiger partial charge in [0.1, 0.15) is 5.82 Å². The lowest BCUT2D eigenvalue weighted by atomic mass is 9.97. The third-order valence-electron chi connectivity index (χ3n) is 4.32. The van der Waals surface area contributed by atoms with Gasteiger partial charge in [-0.1, -0.05) is 55.5 Å². The minimum absolute atomic E-state index is 0.373. The molecule has 1 heterocycles. The van der Waals surface area contributed by atoms with Crippen LogP contribution in [0.5, 0.6) is 0 Å². The third kappa shape index (κ3) is 4.70. The van der Waals surface area contributed by atoms with Gasteiger partial charge in [-0.05, 0) is 46.9 Å². The summed E-state index contributed by atoms with van der Waals surface area (Å²) in [6, 6.07) is 22.3. The van der Waals surface area contributed by atoms with Crippen molar-refractivity contribution in [1.82, 2.24) is 4.98 Å². The number of carboxylic acid groups (broad SMARTS) is 1. The van der Waals surface area contributed by atoms with Gasteiger partial charge in [-0.15, -0.1) is 0 Å². The Morgan fingerprint density at radius 1 is 1.00 bits per heavy atom. The first-order chi connectivity index (χ1) is 12.6. The molecule has 0 aliphatic heterocycles. The van der Waals surface area contributed by atoms with Crippen molar-refractivity contribution in [3.63, 3.8) is 0 Å². The molecule has 0 radical (unpaired) electrons. The summed E-state index contributed by atoms with van der Waals surface area (Å²) in [7, 11) is 0. The van der Waals surface area contributed by atoms with E-state index in [0.29, 0.717) is 13.0 Å². The number of hydrogen-bond donors (Lipinski definition) is 2. The molecule has 0 fully saturated rings. The summed E-state index contributed by atoms with van der Waals surface area (Å²) in [5, 5.41) is 12.3. The Hall–Kier alpha value is -3.14. The molecule has 3 aromatic rings. The van der Waals surface area contributed by atoms with Crippen LogP contribution < -0.4 is 5.32 Å². The summed E-state index contributed by atoms with van der Waals surface area (Å²) >= 11 is 0. The topological polar surface area (TPSA) is 62.2 Å². The van der Waals surface area contributed by atoms with Crippen LogP contribution >= 0.6 is 0 Å². The first kappa shape index (κ1) is 17.7. The molecule has 0 aliphatic carbocycles. The lowest BCUT2D eigenvalue weighted by Crippen LogP contribution is -2.12. The smallest absolute Gasteiger partial charge is 0.306 e. The average Bonchev–Trinajstić information content (AvgIpc) is 2.68. The van der Waals surface area contributed by atoms with Gasteiger partial charge in [0, 0.05) is 12.7 Å². The van der Waals surface area contributed by atoms with E-state index in [1.165, 1.54) is 5.56 Å². The van der Waals surface area contributed by atoms with Crippen LogP contribution in [0.15, 0.2) is 72.9 Å². The van der Waals surface area contributed by atoms with Crippen molar-refractivity contribution in [3.05, 3.63) is 84.1 Å². The molecule has 0 aliphatic rings. The monoisotopic (exact) mass is 346 g/mol. The van der Waals surface area contributed by atoms with Crippen molar-refractivity contribution in [2.45, 2.75) is 19.9 Å². The number of hydrogen-bond acceptors (Lipinski definition) is 3. The van der Waals surface area contributed by atoms with Gasteiger partial charge >= 0.3 is 5.97 Å². The number of pyridine rings is 1. The molecule has 0 saturated carbocycles. The van der Waals surface area contributed by atoms with E-state index in [-0.39, 0.29) is 5.92 Å². The summed E-state index contributed by atoms with van der Waals surface area (Å²) in [4.78, 5) is 15.3. The molecule has 1 aromatic heterocycles. The normalized spacial score (nSPS) is 11.7. The highest BCUT2D eigenvalue weighted by Crippen LogP contribution is 2.22. The molecule has 3 rings (SSSR count). The van der Waals surface area contributed by atoms with Crippen LogP contribution in [-0.4, -0.2) is 16.1 Å². The number of nitrogens with zero attached hydrogens (tertiary/aromatic N) is 1. The SMILES string of the molecule is CC(Cc1ccc(-c2cccc(CNc3ccccn3)c2)cc1)C(=O)O. The van der Waals surface area contributed by atoms with Gasteiger partial charge in [-0.25, -0.2) is 4.98 Å². The second kappa shape index (κ2) is 8.30. The summed E-state index contributed by atoms with van der Waals surface area (Å²) < 4.78 is 0. The van der Waals surface area contributed by atoms with E-state index in [9.17, 15) is 4.79 Å². The lowest BCUT2D eigenvalue weighted by molar-refractivity contribution is -0.141. The minimum Gasteiger partial charge on any atom is -0.481 e. The Balaban J connectivity index is 1.68. The lowest BCUT2D eigenvalue weighted by Gasteiger charge is -2.09. The van der Waals surface area contributed by atoms with Gasteiger partial charge in [-0.3, -0.25) is 4.79 Å². The quantitative estimate of drug-likeness (QED) is 0.655. The minimum atomic E-state index is -0.762. The van der Waals surface area contributed by atoms with Crippen LogP contribution in [0.25, 0.3) is 11.1 Å². The van der Waals surface area contributed by atoms with E-state index in [0.717, 1.165) is 22.5 Å². The Bertz CT molecular complexity index is 861. The van der Waals surface area contributed by atoms with E-state index >= 15 is 0 Å². The van der Waals surface area contributed by atoms with Crippen LogP contribution in [-0.2, 0) is 17.8 Å². The first-order valence-electron chi connectivity index (χ1n) is 8.68. The molecular formula is C22H22N2O2. The van der Waals surface area contributed by atoms with Crippen LogP contribution in [0.3, 0.4) is 0 Å². The molecule has 1 unspecified atom stereocenters. The van der Waals surface area contributed by atoms with E-state index in [4.69, 9.17) is 5.11 Å². The van der Waals surface area contributed by atoms with Crippen LogP contribution in [0.1, 0.15) is 18.1 Å². The Kier molecular flexibility index (Phi) is 5.64. The molecule has 2 N–H and O–H groups in total. The van der Waals surface area contributed by atoms with Gasteiger partial charge in [0.15, 0.2) is 0 Å². The molecule has 132 valence electrons. The molecular weight excluding hydrogens is 324 g/mol. The second-order valence-corrected chi connectivity index (χ2v) is 6.41. The summed E-state index contributed by atoms with van der Waals surface area (Å²) in [6.07, 6.45) is 2.31. The molecule has 1 atom stereocenters. The summed E-state index contributed by atoms with van der Waals surface area (Å²) in [5.74, 6) is -0.279. The number of carboxylic acids is 1. The molecule has 4 nitrogen and oxygen atoms in total. The Morgan fingerprint density at radius 2 is 1.81 bits per heavy atom. The largest absolute Gasteiger partial charge is 0.481 e. The van der Waals surface area contributed by atoms with Crippen LogP contribution in [0, 0.1) is 5.92 Å². The molecule has 26 heavy (non-hydrogen) atoms. The van der Waals surface area contributed by atoms with Gasteiger partial charge in [0.05, 0.1) is 5.92 Å². The van der Waals surface area contributed by atoms with Crippen LogP contribution in [0.2, 0.25) is 0 Å². The molecule has 4 heteroatoms.